The molecule has 26 heavy (non-hydrogen) atoms. The van der Waals surface area contributed by atoms with E-state index in [1.807, 2.05) is 0 Å². The molecule has 144 valence electrons. The third-order valence-corrected chi connectivity index (χ3v) is 4.42. The van der Waals surface area contributed by atoms with Crippen LogP contribution in [0.1, 0.15) is 33.6 Å². The van der Waals surface area contributed by atoms with Gasteiger partial charge in [-0.05, 0) is 30.4 Å². The van der Waals surface area contributed by atoms with E-state index in [-0.39, 0.29) is 24.0 Å². The van der Waals surface area contributed by atoms with E-state index in [9.17, 15) is 4.79 Å². The van der Waals surface area contributed by atoms with Crippen LogP contribution in [0.4, 0.5) is 5.69 Å². The van der Waals surface area contributed by atoms with E-state index in [0.717, 1.165) is 26.0 Å². The minimum Gasteiger partial charge on any atom is -0.377 e. The molecule has 0 aliphatic carbocycles. The summed E-state index contributed by atoms with van der Waals surface area (Å²) < 4.78 is 6.02. The second kappa shape index (κ2) is 9.52. The zero-order valence-corrected chi connectivity index (χ0v) is 16.2. The van der Waals surface area contributed by atoms with Gasteiger partial charge in [0.2, 0.25) is 5.91 Å². The molecule has 0 saturated carbocycles. The van der Waals surface area contributed by atoms with Crippen LogP contribution in [-0.4, -0.2) is 49.7 Å². The molecule has 0 bridgehead atoms. The molecular weight excluding hydrogens is 330 g/mol. The molecule has 2 rings (SSSR count). The molecule has 0 aromatic carbocycles. The number of carbonyl (C=O) groups is 1. The zero-order chi connectivity index (χ0) is 19.0. The quantitative estimate of drug-likeness (QED) is 0.552. The van der Waals surface area contributed by atoms with Gasteiger partial charge in [-0.3, -0.25) is 14.8 Å². The highest BCUT2D eigenvalue weighted by molar-refractivity contribution is 5.94. The summed E-state index contributed by atoms with van der Waals surface area (Å²) in [5, 5.41) is 9.16. The number of hydrogen-bond donors (Lipinski definition) is 3. The van der Waals surface area contributed by atoms with Gasteiger partial charge in [0, 0.05) is 32.3 Å². The van der Waals surface area contributed by atoms with Crippen molar-refractivity contribution >= 4 is 17.6 Å². The monoisotopic (exact) mass is 361 g/mol. The smallest absolute Gasteiger partial charge is 0.243 e. The second-order valence-corrected chi connectivity index (χ2v) is 7.66. The summed E-state index contributed by atoms with van der Waals surface area (Å²) in [6.45, 7) is 8.38. The number of guanidine groups is 1. The molecule has 2 heterocycles. The number of pyridine rings is 1. The van der Waals surface area contributed by atoms with Crippen molar-refractivity contribution in [3.63, 3.8) is 0 Å². The van der Waals surface area contributed by atoms with E-state index in [2.05, 4.69) is 46.7 Å². The largest absolute Gasteiger partial charge is 0.377 e. The van der Waals surface area contributed by atoms with Gasteiger partial charge in [-0.1, -0.05) is 20.8 Å². The molecule has 7 nitrogen and oxygen atoms in total. The Hall–Kier alpha value is -2.15. The third-order valence-electron chi connectivity index (χ3n) is 4.42. The normalized spacial score (nSPS) is 21.2. The molecule has 3 N–H and O–H groups in total. The first-order valence-electron chi connectivity index (χ1n) is 9.16. The lowest BCUT2D eigenvalue weighted by Gasteiger charge is -2.40. The number of ether oxygens (including phenoxy) is 1. The molecule has 1 aromatic rings. The molecular formula is C19H31N5O2. The summed E-state index contributed by atoms with van der Waals surface area (Å²) >= 11 is 0. The number of nitrogens with one attached hydrogen (secondary N) is 3. The Kier molecular flexibility index (Phi) is 7.38. The fraction of sp³-hybridized carbons (Fsp3) is 0.632. The van der Waals surface area contributed by atoms with Gasteiger partial charge in [-0.15, -0.1) is 0 Å². The van der Waals surface area contributed by atoms with E-state index in [1.165, 1.54) is 0 Å². The van der Waals surface area contributed by atoms with Crippen LogP contribution in [0.2, 0.25) is 0 Å². The fourth-order valence-corrected chi connectivity index (χ4v) is 3.26. The number of rotatable bonds is 5. The van der Waals surface area contributed by atoms with E-state index in [0.29, 0.717) is 17.6 Å². The average Bonchev–Trinajstić information content (AvgIpc) is 2.62. The van der Waals surface area contributed by atoms with Gasteiger partial charge in [0.15, 0.2) is 5.96 Å². The number of amides is 1. The third kappa shape index (κ3) is 6.29. The fourth-order valence-electron chi connectivity index (χ4n) is 3.26. The number of aliphatic imine (C=N–C) groups is 1. The summed E-state index contributed by atoms with van der Waals surface area (Å²) in [6.07, 6.45) is 5.71. The van der Waals surface area contributed by atoms with Crippen molar-refractivity contribution in [2.75, 3.05) is 32.1 Å². The van der Waals surface area contributed by atoms with Gasteiger partial charge in [-0.2, -0.15) is 0 Å². The van der Waals surface area contributed by atoms with Crippen molar-refractivity contribution < 1.29 is 9.53 Å². The lowest BCUT2D eigenvalue weighted by molar-refractivity contribution is -0.115. The van der Waals surface area contributed by atoms with Crippen LogP contribution in [0.15, 0.2) is 29.5 Å². The van der Waals surface area contributed by atoms with E-state index in [4.69, 9.17) is 4.74 Å². The summed E-state index contributed by atoms with van der Waals surface area (Å²) in [5.74, 6) is 0.894. The molecule has 1 aliphatic heterocycles. The van der Waals surface area contributed by atoms with Gasteiger partial charge in [0.1, 0.15) is 0 Å². The highest BCUT2D eigenvalue weighted by Gasteiger charge is 2.35. The number of hydrogen-bond acceptors (Lipinski definition) is 4. The van der Waals surface area contributed by atoms with Crippen molar-refractivity contribution in [1.82, 2.24) is 15.6 Å². The predicted octanol–water partition coefficient (Wildman–Crippen LogP) is 2.03. The maximum atomic E-state index is 12.0. The van der Waals surface area contributed by atoms with Gasteiger partial charge in [0.05, 0.1) is 24.5 Å². The van der Waals surface area contributed by atoms with Gasteiger partial charge in [0.25, 0.3) is 0 Å². The minimum atomic E-state index is -0.144. The lowest BCUT2D eigenvalue weighted by Crippen LogP contribution is -2.48. The topological polar surface area (TPSA) is 87.6 Å². The van der Waals surface area contributed by atoms with Crippen LogP contribution in [0.25, 0.3) is 0 Å². The first-order valence-corrected chi connectivity index (χ1v) is 9.16. The van der Waals surface area contributed by atoms with Gasteiger partial charge < -0.3 is 20.7 Å². The highest BCUT2D eigenvalue weighted by atomic mass is 16.5. The van der Waals surface area contributed by atoms with Crippen LogP contribution in [-0.2, 0) is 9.53 Å². The molecule has 1 aromatic heterocycles. The van der Waals surface area contributed by atoms with Crippen LogP contribution < -0.4 is 16.0 Å². The molecule has 1 fully saturated rings. The highest BCUT2D eigenvalue weighted by Crippen LogP contribution is 2.33. The van der Waals surface area contributed by atoms with Gasteiger partial charge >= 0.3 is 0 Å². The summed E-state index contributed by atoms with van der Waals surface area (Å²) in [4.78, 5) is 20.2. The van der Waals surface area contributed by atoms with Gasteiger partial charge in [-0.25, -0.2) is 0 Å². The van der Waals surface area contributed by atoms with E-state index < -0.39 is 0 Å². The molecule has 1 aliphatic rings. The number of anilines is 1. The lowest BCUT2D eigenvalue weighted by atomic mass is 9.78. The molecule has 0 spiro atoms. The first kappa shape index (κ1) is 20.2. The Bertz CT molecular complexity index is 598. The van der Waals surface area contributed by atoms with Crippen LogP contribution in [0.3, 0.4) is 0 Å². The summed E-state index contributed by atoms with van der Waals surface area (Å²) in [5.41, 5.74) is 0.780. The molecule has 0 radical (unpaired) electrons. The SMILES string of the molecule is CN=C(NCC(=O)Nc1cccnc1)NCC1CCCOC1C(C)(C)C. The first-order chi connectivity index (χ1) is 12.4. The predicted molar refractivity (Wildman–Crippen MR) is 104 cm³/mol. The molecule has 1 saturated heterocycles. The maximum absolute atomic E-state index is 12.0. The molecule has 7 heteroatoms. The minimum absolute atomic E-state index is 0.104. The van der Waals surface area contributed by atoms with E-state index >= 15 is 0 Å². The summed E-state index contributed by atoms with van der Waals surface area (Å²) in [6, 6.07) is 3.58. The standard InChI is InChI=1S/C19H31N5O2/c1-19(2,3)17-14(7-6-10-26-17)11-22-18(20-4)23-13-16(25)24-15-8-5-9-21-12-15/h5,8-9,12,14,17H,6-7,10-11,13H2,1-4H3,(H,24,25)(H2,20,22,23). The molecule has 1 amide bonds. The number of nitrogens with zero attached hydrogens (tertiary/aromatic N) is 2. The van der Waals surface area contributed by atoms with Crippen molar-refractivity contribution in [3.05, 3.63) is 24.5 Å². The second-order valence-electron chi connectivity index (χ2n) is 7.66. The molecule has 2 atom stereocenters. The Morgan fingerprint density at radius 2 is 2.19 bits per heavy atom. The molecule has 2 unspecified atom stereocenters. The van der Waals surface area contributed by atoms with Crippen molar-refractivity contribution in [3.8, 4) is 0 Å². The maximum Gasteiger partial charge on any atom is 0.243 e. The van der Waals surface area contributed by atoms with E-state index in [1.54, 1.807) is 31.6 Å². The van der Waals surface area contributed by atoms with Crippen LogP contribution in [0.5, 0.6) is 0 Å². The zero-order valence-electron chi connectivity index (χ0n) is 16.2. The van der Waals surface area contributed by atoms with Crippen LogP contribution >= 0.6 is 0 Å². The van der Waals surface area contributed by atoms with Crippen molar-refractivity contribution in [2.24, 2.45) is 16.3 Å². The summed E-state index contributed by atoms with van der Waals surface area (Å²) in [7, 11) is 1.70. The van der Waals surface area contributed by atoms with Crippen molar-refractivity contribution in [2.45, 2.75) is 39.7 Å². The average molecular weight is 361 g/mol. The number of carbonyl (C=O) groups excluding carboxylic acids is 1. The van der Waals surface area contributed by atoms with Crippen LogP contribution in [0, 0.1) is 11.3 Å². The Labute approximate surface area is 156 Å². The Morgan fingerprint density at radius 3 is 2.85 bits per heavy atom. The van der Waals surface area contributed by atoms with Crippen molar-refractivity contribution in [1.29, 1.82) is 0 Å². The number of aromatic nitrogens is 1. The Balaban J connectivity index is 1.79. The Morgan fingerprint density at radius 1 is 1.38 bits per heavy atom.